The zero-order valence-electron chi connectivity index (χ0n) is 11.3. The van der Waals surface area contributed by atoms with E-state index in [1.807, 2.05) is 0 Å². The highest BCUT2D eigenvalue weighted by atomic mass is 32.1. The van der Waals surface area contributed by atoms with Crippen LogP contribution in [-0.4, -0.2) is 25.0 Å². The molecule has 0 bridgehead atoms. The van der Waals surface area contributed by atoms with Crippen LogP contribution in [0.4, 0.5) is 5.69 Å². The third kappa shape index (κ3) is 2.99. The summed E-state index contributed by atoms with van der Waals surface area (Å²) in [7, 11) is 2.21. The van der Waals surface area contributed by atoms with Crippen molar-refractivity contribution in [2.75, 3.05) is 25.5 Å². The predicted molar refractivity (Wildman–Crippen MR) is 82.9 cm³/mol. The van der Waals surface area contributed by atoms with Crippen molar-refractivity contribution in [1.29, 1.82) is 0 Å². The van der Waals surface area contributed by atoms with Crippen molar-refractivity contribution in [3.8, 4) is 0 Å². The van der Waals surface area contributed by atoms with Crippen molar-refractivity contribution in [3.63, 3.8) is 0 Å². The number of hydrogen-bond acceptors (Lipinski definition) is 3. The van der Waals surface area contributed by atoms with Crippen LogP contribution in [0.25, 0.3) is 0 Å². The average Bonchev–Trinajstić information content (AvgIpc) is 3.05. The van der Waals surface area contributed by atoms with Gasteiger partial charge in [0.25, 0.3) is 0 Å². The Morgan fingerprint density at radius 1 is 1.32 bits per heavy atom. The van der Waals surface area contributed by atoms with Crippen molar-refractivity contribution in [3.05, 3.63) is 52.2 Å². The molecule has 1 aliphatic rings. The van der Waals surface area contributed by atoms with Gasteiger partial charge in [-0.3, -0.25) is 0 Å². The quantitative estimate of drug-likeness (QED) is 0.891. The maximum absolute atomic E-state index is 3.50. The molecule has 1 aromatic heterocycles. The second-order valence-electron chi connectivity index (χ2n) is 5.32. The van der Waals surface area contributed by atoms with Crippen LogP contribution >= 0.6 is 11.3 Å². The van der Waals surface area contributed by atoms with Gasteiger partial charge in [-0.1, -0.05) is 18.2 Å². The Labute approximate surface area is 119 Å². The van der Waals surface area contributed by atoms with Gasteiger partial charge < -0.3 is 10.2 Å². The van der Waals surface area contributed by atoms with E-state index in [9.17, 15) is 0 Å². The number of fused-ring (bicyclic) bond motifs is 1. The highest BCUT2D eigenvalue weighted by Crippen LogP contribution is 2.33. The summed E-state index contributed by atoms with van der Waals surface area (Å²) >= 11 is 1.78. The zero-order valence-corrected chi connectivity index (χ0v) is 12.1. The molecule has 0 saturated carbocycles. The van der Waals surface area contributed by atoms with Crippen LogP contribution in [-0.2, 0) is 6.54 Å². The van der Waals surface area contributed by atoms with Crippen LogP contribution in [0, 0.1) is 0 Å². The Hall–Kier alpha value is -1.32. The molecule has 100 valence electrons. The van der Waals surface area contributed by atoms with E-state index in [-0.39, 0.29) is 0 Å². The van der Waals surface area contributed by atoms with Crippen LogP contribution in [0.2, 0.25) is 0 Å². The molecule has 3 rings (SSSR count). The smallest absolute Gasteiger partial charge is 0.0376 e. The molecule has 1 aliphatic heterocycles. The highest BCUT2D eigenvalue weighted by Gasteiger charge is 2.21. The Morgan fingerprint density at radius 2 is 2.21 bits per heavy atom. The number of hydrogen-bond donors (Lipinski definition) is 1. The highest BCUT2D eigenvalue weighted by molar-refractivity contribution is 7.07. The minimum atomic E-state index is 0.668. The molecule has 0 saturated heterocycles. The molecule has 1 aromatic carbocycles. The summed E-state index contributed by atoms with van der Waals surface area (Å²) in [6, 6.07) is 10.9. The second kappa shape index (κ2) is 5.76. The number of nitrogens with one attached hydrogen (secondary N) is 1. The molecule has 2 heterocycles. The average molecular weight is 272 g/mol. The Balaban J connectivity index is 1.53. The lowest BCUT2D eigenvalue weighted by Crippen LogP contribution is -2.21. The number of anilines is 1. The molecule has 3 heteroatoms. The number of nitrogens with zero attached hydrogens (tertiary/aromatic N) is 1. The number of benzene rings is 1. The van der Waals surface area contributed by atoms with Gasteiger partial charge in [0.1, 0.15) is 0 Å². The Morgan fingerprint density at radius 3 is 3.05 bits per heavy atom. The molecule has 0 spiro atoms. The molecule has 0 radical (unpaired) electrons. The van der Waals surface area contributed by atoms with Gasteiger partial charge in [-0.15, -0.1) is 0 Å². The van der Waals surface area contributed by atoms with Gasteiger partial charge in [-0.25, -0.2) is 0 Å². The first-order valence-electron chi connectivity index (χ1n) is 6.85. The molecule has 0 aliphatic carbocycles. The molecule has 2 aromatic rings. The largest absolute Gasteiger partial charge is 0.384 e. The molecule has 0 fully saturated rings. The van der Waals surface area contributed by atoms with Crippen molar-refractivity contribution >= 4 is 17.0 Å². The van der Waals surface area contributed by atoms with Crippen molar-refractivity contribution in [2.45, 2.75) is 18.9 Å². The molecule has 1 N–H and O–H groups in total. The van der Waals surface area contributed by atoms with Crippen LogP contribution in [0.1, 0.15) is 23.5 Å². The van der Waals surface area contributed by atoms with E-state index in [0.29, 0.717) is 5.92 Å². The van der Waals surface area contributed by atoms with E-state index in [2.05, 4.69) is 58.4 Å². The van der Waals surface area contributed by atoms with Gasteiger partial charge >= 0.3 is 0 Å². The molecule has 2 nitrogen and oxygen atoms in total. The minimum absolute atomic E-state index is 0.668. The number of rotatable bonds is 5. The summed E-state index contributed by atoms with van der Waals surface area (Å²) in [6.45, 7) is 3.30. The third-order valence-electron chi connectivity index (χ3n) is 3.83. The van der Waals surface area contributed by atoms with Gasteiger partial charge in [0.05, 0.1) is 0 Å². The summed E-state index contributed by atoms with van der Waals surface area (Å²) in [5.74, 6) is 0.668. The van der Waals surface area contributed by atoms with Crippen molar-refractivity contribution in [1.82, 2.24) is 4.90 Å². The summed E-state index contributed by atoms with van der Waals surface area (Å²) in [4.78, 5) is 2.42. The summed E-state index contributed by atoms with van der Waals surface area (Å²) in [5, 5.41) is 7.89. The van der Waals surface area contributed by atoms with Crippen molar-refractivity contribution in [2.24, 2.45) is 0 Å². The fraction of sp³-hybridized carbons (Fsp3) is 0.375. The lowest BCUT2D eigenvalue weighted by molar-refractivity contribution is 0.314. The normalized spacial score (nSPS) is 17.5. The number of para-hydroxylation sites is 1. The van der Waals surface area contributed by atoms with E-state index in [1.165, 1.54) is 23.2 Å². The number of thiophene rings is 1. The van der Waals surface area contributed by atoms with Gasteiger partial charge in [-0.05, 0) is 54.0 Å². The van der Waals surface area contributed by atoms with Gasteiger partial charge in [0.2, 0.25) is 0 Å². The summed E-state index contributed by atoms with van der Waals surface area (Å²) in [5.41, 5.74) is 4.25. The standard InChI is InChI=1S/C16H20N2S/c1-18(11-13-7-9-19-12-13)8-6-14-10-17-16-5-3-2-4-15(14)16/h2-5,7,9,12,14,17H,6,8,10-11H2,1H3. The maximum Gasteiger partial charge on any atom is 0.0376 e. The van der Waals surface area contributed by atoms with E-state index >= 15 is 0 Å². The fourth-order valence-corrected chi connectivity index (χ4v) is 3.42. The molecule has 1 unspecified atom stereocenters. The first-order valence-corrected chi connectivity index (χ1v) is 7.79. The predicted octanol–water partition coefficient (Wildman–Crippen LogP) is 3.78. The topological polar surface area (TPSA) is 15.3 Å². The summed E-state index contributed by atoms with van der Waals surface area (Å²) < 4.78 is 0. The minimum Gasteiger partial charge on any atom is -0.384 e. The lowest BCUT2D eigenvalue weighted by Gasteiger charge is -2.18. The third-order valence-corrected chi connectivity index (χ3v) is 4.56. The SMILES string of the molecule is CN(CCC1CNc2ccccc21)Cc1ccsc1. The Kier molecular flexibility index (Phi) is 3.85. The maximum atomic E-state index is 3.50. The second-order valence-corrected chi connectivity index (χ2v) is 6.10. The van der Waals surface area contributed by atoms with Gasteiger partial charge in [-0.2, -0.15) is 11.3 Å². The molecular formula is C16H20N2S. The van der Waals surface area contributed by atoms with Crippen molar-refractivity contribution < 1.29 is 0 Å². The monoisotopic (exact) mass is 272 g/mol. The Bertz CT molecular complexity index is 521. The first-order chi connectivity index (χ1) is 9.33. The van der Waals surface area contributed by atoms with Gasteiger partial charge in [0, 0.05) is 24.7 Å². The molecular weight excluding hydrogens is 252 g/mol. The van der Waals surface area contributed by atoms with Crippen LogP contribution in [0.5, 0.6) is 0 Å². The van der Waals surface area contributed by atoms with Gasteiger partial charge in [0.15, 0.2) is 0 Å². The van der Waals surface area contributed by atoms with Crippen LogP contribution in [0.3, 0.4) is 0 Å². The lowest BCUT2D eigenvalue weighted by atomic mass is 9.98. The molecule has 1 atom stereocenters. The zero-order chi connectivity index (χ0) is 13.1. The van der Waals surface area contributed by atoms with Crippen LogP contribution in [0.15, 0.2) is 41.1 Å². The summed E-state index contributed by atoms with van der Waals surface area (Å²) in [6.07, 6.45) is 1.23. The van der Waals surface area contributed by atoms with E-state index in [0.717, 1.165) is 19.6 Å². The van der Waals surface area contributed by atoms with E-state index in [1.54, 1.807) is 11.3 Å². The molecule has 0 amide bonds. The van der Waals surface area contributed by atoms with E-state index < -0.39 is 0 Å². The molecule has 19 heavy (non-hydrogen) atoms. The van der Waals surface area contributed by atoms with E-state index in [4.69, 9.17) is 0 Å². The fourth-order valence-electron chi connectivity index (χ4n) is 2.76. The van der Waals surface area contributed by atoms with Crippen LogP contribution < -0.4 is 5.32 Å². The first kappa shape index (κ1) is 12.7.